The van der Waals surface area contributed by atoms with Crippen molar-refractivity contribution in [3.8, 4) is 0 Å². The van der Waals surface area contributed by atoms with Crippen molar-refractivity contribution in [2.24, 2.45) is 5.92 Å². The summed E-state index contributed by atoms with van der Waals surface area (Å²) in [6.07, 6.45) is 6.59. The average Bonchev–Trinajstić information content (AvgIpc) is 3.17. The predicted molar refractivity (Wildman–Crippen MR) is 172 cm³/mol. The van der Waals surface area contributed by atoms with Gasteiger partial charge in [-0.25, -0.2) is 0 Å². The zero-order chi connectivity index (χ0) is 28.5. The number of nitrogens with zero attached hydrogens (tertiary/aromatic N) is 3. The molecule has 0 unspecified atom stereocenters. The highest BCUT2D eigenvalue weighted by Gasteiger charge is 2.29. The van der Waals surface area contributed by atoms with Crippen molar-refractivity contribution in [2.75, 3.05) is 18.0 Å². The summed E-state index contributed by atoms with van der Waals surface area (Å²) in [4.78, 5) is 16.3. The second-order valence-corrected chi connectivity index (χ2v) is 11.4. The summed E-state index contributed by atoms with van der Waals surface area (Å²) in [5.74, 6) is 0.513. The SMILES string of the molecule is CCC(C=CN1CCN(Cc2ccc3ccc4c5ccccc5ccc4c3c2)c2c([N+](=O)[O-])ccc(Cl)c2C1)CC. The van der Waals surface area contributed by atoms with E-state index in [9.17, 15) is 10.1 Å². The van der Waals surface area contributed by atoms with Gasteiger partial charge in [-0.3, -0.25) is 10.1 Å². The molecule has 0 atom stereocenters. The molecule has 0 bridgehead atoms. The van der Waals surface area contributed by atoms with Crippen LogP contribution in [0.25, 0.3) is 32.3 Å². The number of benzene rings is 5. The molecule has 0 amide bonds. The number of rotatable bonds is 7. The molecule has 0 aliphatic carbocycles. The van der Waals surface area contributed by atoms with Crippen molar-refractivity contribution < 1.29 is 4.92 Å². The molecule has 6 heteroatoms. The number of allylic oxidation sites excluding steroid dienone is 1. The smallest absolute Gasteiger partial charge is 0.292 e. The molecule has 1 heterocycles. The van der Waals surface area contributed by atoms with Crippen LogP contribution in [0.4, 0.5) is 11.4 Å². The topological polar surface area (TPSA) is 49.6 Å². The van der Waals surface area contributed by atoms with Gasteiger partial charge in [0, 0.05) is 42.8 Å². The molecular weight excluding hydrogens is 530 g/mol. The van der Waals surface area contributed by atoms with Crippen LogP contribution in [-0.4, -0.2) is 22.9 Å². The summed E-state index contributed by atoms with van der Waals surface area (Å²) in [7, 11) is 0. The maximum atomic E-state index is 12.2. The Morgan fingerprint density at radius 2 is 1.59 bits per heavy atom. The van der Waals surface area contributed by atoms with E-state index in [1.165, 1.54) is 32.3 Å². The fourth-order valence-electron chi connectivity index (χ4n) is 6.17. The Morgan fingerprint density at radius 3 is 2.34 bits per heavy atom. The number of nitro benzene ring substituents is 1. The minimum absolute atomic E-state index is 0.105. The fraction of sp³-hybridized carbons (Fsp3) is 0.257. The molecular formula is C35H34ClN3O2. The molecule has 41 heavy (non-hydrogen) atoms. The van der Waals surface area contributed by atoms with Crippen LogP contribution in [0.3, 0.4) is 0 Å². The van der Waals surface area contributed by atoms with Gasteiger partial charge in [-0.05, 0) is 75.0 Å². The first kappa shape index (κ1) is 27.1. The van der Waals surface area contributed by atoms with Crippen LogP contribution in [0.5, 0.6) is 0 Å². The van der Waals surface area contributed by atoms with E-state index in [-0.39, 0.29) is 10.6 Å². The molecule has 5 aromatic carbocycles. The number of hydrogen-bond donors (Lipinski definition) is 0. The second-order valence-electron chi connectivity index (χ2n) is 11.0. The molecule has 0 radical (unpaired) electrons. The van der Waals surface area contributed by atoms with E-state index < -0.39 is 0 Å². The Morgan fingerprint density at radius 1 is 0.878 bits per heavy atom. The number of fused-ring (bicyclic) bond motifs is 6. The lowest BCUT2D eigenvalue weighted by atomic mass is 9.96. The van der Waals surface area contributed by atoms with Crippen molar-refractivity contribution in [1.29, 1.82) is 0 Å². The highest BCUT2D eigenvalue weighted by atomic mass is 35.5. The van der Waals surface area contributed by atoms with Gasteiger partial charge in [0.1, 0.15) is 5.69 Å². The number of hydrogen-bond acceptors (Lipinski definition) is 4. The van der Waals surface area contributed by atoms with Gasteiger partial charge in [0.15, 0.2) is 0 Å². The Bertz CT molecular complexity index is 1790. The van der Waals surface area contributed by atoms with Gasteiger partial charge in [-0.1, -0.05) is 92.2 Å². The molecule has 208 valence electrons. The molecule has 0 fully saturated rings. The molecule has 0 aromatic heterocycles. The first-order chi connectivity index (χ1) is 20.0. The second kappa shape index (κ2) is 11.4. The third-order valence-corrected chi connectivity index (χ3v) is 8.89. The van der Waals surface area contributed by atoms with Gasteiger partial charge in [0.05, 0.1) is 4.92 Å². The van der Waals surface area contributed by atoms with Gasteiger partial charge in [-0.15, -0.1) is 0 Å². The zero-order valence-corrected chi connectivity index (χ0v) is 24.3. The summed E-state index contributed by atoms with van der Waals surface area (Å²) >= 11 is 6.73. The monoisotopic (exact) mass is 563 g/mol. The Hall–Kier alpha value is -4.09. The van der Waals surface area contributed by atoms with E-state index in [1.807, 2.05) is 0 Å². The third kappa shape index (κ3) is 5.22. The van der Waals surface area contributed by atoms with Crippen LogP contribution in [0.1, 0.15) is 37.8 Å². The van der Waals surface area contributed by atoms with Gasteiger partial charge < -0.3 is 9.80 Å². The molecule has 0 N–H and O–H groups in total. The minimum Gasteiger partial charge on any atom is -0.371 e. The van der Waals surface area contributed by atoms with E-state index >= 15 is 0 Å². The van der Waals surface area contributed by atoms with Gasteiger partial charge in [0.25, 0.3) is 5.69 Å². The number of nitro groups is 1. The largest absolute Gasteiger partial charge is 0.371 e. The Labute approximate surface area is 245 Å². The molecule has 6 rings (SSSR count). The zero-order valence-electron chi connectivity index (χ0n) is 23.5. The lowest BCUT2D eigenvalue weighted by Gasteiger charge is -2.25. The molecule has 0 saturated carbocycles. The maximum Gasteiger partial charge on any atom is 0.292 e. The molecule has 0 spiro atoms. The van der Waals surface area contributed by atoms with Gasteiger partial charge in [0.2, 0.25) is 0 Å². The van der Waals surface area contributed by atoms with Crippen molar-refractivity contribution >= 4 is 55.3 Å². The standard InChI is InChI=1S/C35H34ClN3O2/c1-3-24(4-2)17-18-37-19-20-38(35-32(23-37)33(36)15-16-34(35)39(40)41)22-25-9-10-27-12-13-29-28-8-6-5-7-26(28)11-14-30(29)31(27)21-25/h5-18,21,24H,3-4,19-20,22-23H2,1-2H3. The predicted octanol–water partition coefficient (Wildman–Crippen LogP) is 9.48. The summed E-state index contributed by atoms with van der Waals surface area (Å²) in [5.41, 5.74) is 2.66. The van der Waals surface area contributed by atoms with E-state index in [4.69, 9.17) is 11.6 Å². The minimum atomic E-state index is -0.281. The van der Waals surface area contributed by atoms with E-state index in [0.29, 0.717) is 36.3 Å². The van der Waals surface area contributed by atoms with Crippen molar-refractivity contribution in [3.05, 3.63) is 117 Å². The van der Waals surface area contributed by atoms with Crippen LogP contribution in [0, 0.1) is 16.0 Å². The molecule has 0 saturated heterocycles. The average molecular weight is 564 g/mol. The maximum absolute atomic E-state index is 12.2. The van der Waals surface area contributed by atoms with Crippen LogP contribution in [0.2, 0.25) is 5.02 Å². The fourth-order valence-corrected chi connectivity index (χ4v) is 6.38. The lowest BCUT2D eigenvalue weighted by molar-refractivity contribution is -0.384. The molecule has 1 aliphatic heterocycles. The van der Waals surface area contributed by atoms with Crippen LogP contribution >= 0.6 is 11.6 Å². The van der Waals surface area contributed by atoms with E-state index in [2.05, 4.69) is 103 Å². The first-order valence-electron chi connectivity index (χ1n) is 14.4. The number of halogens is 1. The molecule has 5 aromatic rings. The van der Waals surface area contributed by atoms with Crippen LogP contribution < -0.4 is 4.90 Å². The van der Waals surface area contributed by atoms with Crippen molar-refractivity contribution in [3.63, 3.8) is 0 Å². The normalized spacial score (nSPS) is 14.0. The summed E-state index contributed by atoms with van der Waals surface area (Å²) in [6.45, 7) is 6.90. The summed E-state index contributed by atoms with van der Waals surface area (Å²) in [6, 6.07) is 27.0. The van der Waals surface area contributed by atoms with Crippen LogP contribution in [-0.2, 0) is 13.1 Å². The van der Waals surface area contributed by atoms with Crippen molar-refractivity contribution in [2.45, 2.75) is 39.8 Å². The first-order valence-corrected chi connectivity index (χ1v) is 14.8. The quantitative estimate of drug-likeness (QED) is 0.112. The van der Waals surface area contributed by atoms with Crippen molar-refractivity contribution in [1.82, 2.24) is 4.90 Å². The van der Waals surface area contributed by atoms with Crippen LogP contribution in [0.15, 0.2) is 91.1 Å². The highest BCUT2D eigenvalue weighted by molar-refractivity contribution is 6.32. The van der Waals surface area contributed by atoms with E-state index in [0.717, 1.165) is 30.5 Å². The molecule has 1 aliphatic rings. The number of anilines is 1. The third-order valence-electron chi connectivity index (χ3n) is 8.53. The lowest BCUT2D eigenvalue weighted by Crippen LogP contribution is -2.29. The van der Waals surface area contributed by atoms with Gasteiger partial charge >= 0.3 is 0 Å². The Balaban J connectivity index is 1.42. The van der Waals surface area contributed by atoms with E-state index in [1.54, 1.807) is 12.1 Å². The highest BCUT2D eigenvalue weighted by Crippen LogP contribution is 2.40. The summed E-state index contributed by atoms with van der Waals surface area (Å²) < 4.78 is 0. The molecule has 5 nitrogen and oxygen atoms in total. The summed E-state index contributed by atoms with van der Waals surface area (Å²) in [5, 5.41) is 20.1. The van der Waals surface area contributed by atoms with Gasteiger partial charge in [-0.2, -0.15) is 0 Å². The Kier molecular flexibility index (Phi) is 7.55.